The molecule has 0 heterocycles. The van der Waals surface area contributed by atoms with Crippen molar-refractivity contribution >= 4 is 35.7 Å². The summed E-state index contributed by atoms with van der Waals surface area (Å²) in [6, 6.07) is 13.7. The topological polar surface area (TPSA) is 138 Å². The molecule has 0 fully saturated rings. The first kappa shape index (κ1) is 35.2. The van der Waals surface area contributed by atoms with E-state index in [4.69, 9.17) is 35.3 Å². The standard InChI is InChI=1S/C31H41ClN2O9/c1-20(40-28(38)43-30(5,6)19-34-27(37)42-29(2,3)4)39-26(36)31(7,8)41-24-15-9-21(10-16-24)17-18-33-25(35)22-11-13-23(32)14-12-22/h9-16,20H,17-19H2,1-8H3,(H,33,35)(H,34,37). The second-order valence-electron chi connectivity index (χ2n) is 11.8. The molecule has 0 radical (unpaired) electrons. The van der Waals surface area contributed by atoms with Crippen LogP contribution in [0.4, 0.5) is 9.59 Å². The Hall–Kier alpha value is -3.99. The fourth-order valence-electron chi connectivity index (χ4n) is 3.42. The van der Waals surface area contributed by atoms with Crippen LogP contribution in [0.1, 0.15) is 71.3 Å². The molecule has 0 aliphatic rings. The fourth-order valence-corrected chi connectivity index (χ4v) is 3.55. The van der Waals surface area contributed by atoms with Crippen LogP contribution in [0, 0.1) is 0 Å². The first-order valence-electron chi connectivity index (χ1n) is 13.7. The van der Waals surface area contributed by atoms with Crippen LogP contribution < -0.4 is 15.4 Å². The van der Waals surface area contributed by atoms with Crippen LogP contribution in [0.15, 0.2) is 48.5 Å². The largest absolute Gasteiger partial charge is 0.511 e. The molecule has 2 aromatic rings. The first-order chi connectivity index (χ1) is 19.8. The summed E-state index contributed by atoms with van der Waals surface area (Å²) in [5.41, 5.74) is -1.74. The minimum atomic E-state index is -1.41. The molecule has 2 rings (SSSR count). The van der Waals surface area contributed by atoms with Gasteiger partial charge in [-0.3, -0.25) is 4.79 Å². The molecule has 0 spiro atoms. The molecule has 1 atom stereocenters. The van der Waals surface area contributed by atoms with Gasteiger partial charge in [0.1, 0.15) is 17.0 Å². The minimum absolute atomic E-state index is 0.0388. The monoisotopic (exact) mass is 620 g/mol. The quantitative estimate of drug-likeness (QED) is 0.171. The number of carbonyl (C=O) groups excluding carboxylic acids is 4. The summed E-state index contributed by atoms with van der Waals surface area (Å²) in [6.45, 7) is 13.1. The molecule has 0 saturated heterocycles. The van der Waals surface area contributed by atoms with Gasteiger partial charge in [-0.1, -0.05) is 23.7 Å². The van der Waals surface area contributed by atoms with E-state index in [1.165, 1.54) is 20.8 Å². The average Bonchev–Trinajstić information content (AvgIpc) is 2.87. The van der Waals surface area contributed by atoms with Crippen molar-refractivity contribution in [3.05, 3.63) is 64.7 Å². The molecule has 11 nitrogen and oxygen atoms in total. The van der Waals surface area contributed by atoms with E-state index in [1.54, 1.807) is 71.0 Å². The van der Waals surface area contributed by atoms with Gasteiger partial charge in [0.25, 0.3) is 5.91 Å². The fraction of sp³-hybridized carbons (Fsp3) is 0.484. The number of alkyl carbamates (subject to hydrolysis) is 1. The third kappa shape index (κ3) is 13.2. The van der Waals surface area contributed by atoms with E-state index in [2.05, 4.69) is 10.6 Å². The third-order valence-corrected chi connectivity index (χ3v) is 5.80. The Morgan fingerprint density at radius 1 is 0.814 bits per heavy atom. The van der Waals surface area contributed by atoms with Crippen LogP contribution in [0.2, 0.25) is 5.02 Å². The molecule has 0 aromatic heterocycles. The van der Waals surface area contributed by atoms with Gasteiger partial charge in [0.15, 0.2) is 5.60 Å². The van der Waals surface area contributed by atoms with E-state index in [-0.39, 0.29) is 12.5 Å². The zero-order valence-electron chi connectivity index (χ0n) is 25.9. The SMILES string of the molecule is CC(OC(=O)OC(C)(C)CNC(=O)OC(C)(C)C)OC(=O)C(C)(C)Oc1ccc(CCNC(=O)c2ccc(Cl)cc2)cc1. The van der Waals surface area contributed by atoms with Crippen molar-refractivity contribution in [3.63, 3.8) is 0 Å². The Kier molecular flexibility index (Phi) is 12.2. The zero-order chi connectivity index (χ0) is 32.4. The van der Waals surface area contributed by atoms with Crippen molar-refractivity contribution in [1.82, 2.24) is 10.6 Å². The lowest BCUT2D eigenvalue weighted by Gasteiger charge is -2.28. The van der Waals surface area contributed by atoms with Crippen molar-refractivity contribution in [3.8, 4) is 5.75 Å². The Balaban J connectivity index is 1.78. The summed E-state index contributed by atoms with van der Waals surface area (Å²) < 4.78 is 26.5. The van der Waals surface area contributed by atoms with E-state index in [1.807, 2.05) is 12.1 Å². The Labute approximate surface area is 257 Å². The molecule has 0 aliphatic heterocycles. The maximum Gasteiger partial charge on any atom is 0.511 e. The number of hydrogen-bond donors (Lipinski definition) is 2. The van der Waals surface area contributed by atoms with Crippen LogP contribution in [-0.2, 0) is 30.2 Å². The number of esters is 1. The van der Waals surface area contributed by atoms with Gasteiger partial charge in [-0.25, -0.2) is 14.4 Å². The molecule has 2 amide bonds. The summed E-state index contributed by atoms with van der Waals surface area (Å²) in [5, 5.41) is 5.94. The first-order valence-corrected chi connectivity index (χ1v) is 14.1. The summed E-state index contributed by atoms with van der Waals surface area (Å²) in [4.78, 5) is 49.1. The Bertz CT molecular complexity index is 1250. The van der Waals surface area contributed by atoms with E-state index in [0.717, 1.165) is 5.56 Å². The maximum atomic E-state index is 12.8. The summed E-state index contributed by atoms with van der Waals surface area (Å²) in [6.07, 6.45) is -2.43. The van der Waals surface area contributed by atoms with E-state index < -0.39 is 41.3 Å². The number of amides is 2. The van der Waals surface area contributed by atoms with Crippen LogP contribution >= 0.6 is 11.6 Å². The van der Waals surface area contributed by atoms with Crippen LogP contribution in [0.5, 0.6) is 5.75 Å². The molecule has 43 heavy (non-hydrogen) atoms. The molecule has 0 aliphatic carbocycles. The number of benzene rings is 2. The number of carbonyl (C=O) groups is 4. The van der Waals surface area contributed by atoms with Crippen molar-refractivity contribution in [1.29, 1.82) is 0 Å². The number of nitrogens with one attached hydrogen (secondary N) is 2. The van der Waals surface area contributed by atoms with E-state index in [9.17, 15) is 19.2 Å². The van der Waals surface area contributed by atoms with Crippen LogP contribution in [-0.4, -0.2) is 60.3 Å². The maximum absolute atomic E-state index is 12.8. The highest BCUT2D eigenvalue weighted by molar-refractivity contribution is 6.30. The predicted molar refractivity (Wildman–Crippen MR) is 160 cm³/mol. The molecule has 2 N–H and O–H groups in total. The van der Waals surface area contributed by atoms with Crippen molar-refractivity contribution in [2.45, 2.75) is 84.9 Å². The van der Waals surface area contributed by atoms with Gasteiger partial charge in [-0.15, -0.1) is 0 Å². The van der Waals surface area contributed by atoms with Gasteiger partial charge >= 0.3 is 18.2 Å². The van der Waals surface area contributed by atoms with Crippen molar-refractivity contribution in [2.24, 2.45) is 0 Å². The molecular weight excluding hydrogens is 580 g/mol. The molecule has 0 saturated carbocycles. The van der Waals surface area contributed by atoms with Gasteiger partial charge < -0.3 is 34.3 Å². The van der Waals surface area contributed by atoms with Gasteiger partial charge in [0.05, 0.1) is 6.54 Å². The molecule has 2 aromatic carbocycles. The Morgan fingerprint density at radius 3 is 2.00 bits per heavy atom. The highest BCUT2D eigenvalue weighted by Crippen LogP contribution is 2.21. The van der Waals surface area contributed by atoms with E-state index >= 15 is 0 Å². The molecule has 0 bridgehead atoms. The van der Waals surface area contributed by atoms with Crippen molar-refractivity contribution < 1.29 is 42.9 Å². The van der Waals surface area contributed by atoms with Gasteiger partial charge in [-0.05, 0) is 96.8 Å². The summed E-state index contributed by atoms with van der Waals surface area (Å²) in [7, 11) is 0. The van der Waals surface area contributed by atoms with Gasteiger partial charge in [-0.2, -0.15) is 0 Å². The lowest BCUT2D eigenvalue weighted by atomic mass is 10.1. The van der Waals surface area contributed by atoms with Crippen LogP contribution in [0.25, 0.3) is 0 Å². The number of ether oxygens (including phenoxy) is 5. The van der Waals surface area contributed by atoms with Crippen molar-refractivity contribution in [2.75, 3.05) is 13.1 Å². The molecule has 12 heteroatoms. The Morgan fingerprint density at radius 2 is 1.42 bits per heavy atom. The normalized spacial score (nSPS) is 12.4. The third-order valence-electron chi connectivity index (χ3n) is 5.55. The minimum Gasteiger partial charge on any atom is -0.476 e. The number of rotatable bonds is 12. The van der Waals surface area contributed by atoms with Crippen LogP contribution in [0.3, 0.4) is 0 Å². The lowest BCUT2D eigenvalue weighted by Crippen LogP contribution is -2.44. The molecular formula is C31H41ClN2O9. The highest BCUT2D eigenvalue weighted by Gasteiger charge is 2.35. The zero-order valence-corrected chi connectivity index (χ0v) is 26.6. The van der Waals surface area contributed by atoms with Gasteiger partial charge in [0, 0.05) is 24.1 Å². The second kappa shape index (κ2) is 15.0. The van der Waals surface area contributed by atoms with Gasteiger partial charge in [0.2, 0.25) is 6.29 Å². The highest BCUT2D eigenvalue weighted by atomic mass is 35.5. The number of hydrogen-bond acceptors (Lipinski definition) is 9. The summed E-state index contributed by atoms with van der Waals surface area (Å²) in [5.74, 6) is -0.543. The summed E-state index contributed by atoms with van der Waals surface area (Å²) >= 11 is 5.86. The lowest BCUT2D eigenvalue weighted by molar-refractivity contribution is -0.184. The smallest absolute Gasteiger partial charge is 0.476 e. The van der Waals surface area contributed by atoms with E-state index in [0.29, 0.717) is 29.3 Å². The second-order valence-corrected chi connectivity index (χ2v) is 12.3. The molecule has 1 unspecified atom stereocenters. The molecule has 236 valence electrons. The predicted octanol–water partition coefficient (Wildman–Crippen LogP) is 5.82. The number of halogens is 1. The average molecular weight is 621 g/mol.